The summed E-state index contributed by atoms with van der Waals surface area (Å²) in [6.45, 7) is 18.6. The van der Waals surface area contributed by atoms with E-state index >= 15 is 0 Å². The molecule has 0 radical (unpaired) electrons. The molecule has 0 atom stereocenters. The predicted octanol–water partition coefficient (Wildman–Crippen LogP) is 4.17. The van der Waals surface area contributed by atoms with Gasteiger partial charge in [0, 0.05) is 29.4 Å². The molecule has 0 amide bonds. The van der Waals surface area contributed by atoms with E-state index in [1.165, 1.54) is 15.7 Å². The van der Waals surface area contributed by atoms with E-state index in [4.69, 9.17) is 4.98 Å². The van der Waals surface area contributed by atoms with Gasteiger partial charge in [-0.05, 0) is 26.8 Å². The minimum absolute atomic E-state index is 0.106. The highest BCUT2D eigenvalue weighted by atomic mass is 32.1. The Morgan fingerprint density at radius 1 is 1.25 bits per heavy atom. The number of hydrogen-bond donors (Lipinski definition) is 1. The molecule has 116 valence electrons. The van der Waals surface area contributed by atoms with Crippen molar-refractivity contribution in [1.82, 2.24) is 10.3 Å². The van der Waals surface area contributed by atoms with Crippen LogP contribution in [0.25, 0.3) is 0 Å². The Bertz CT molecular complexity index is 404. The van der Waals surface area contributed by atoms with E-state index in [2.05, 4.69) is 58.7 Å². The fraction of sp³-hybridized carbons (Fsp3) is 0.812. The van der Waals surface area contributed by atoms with E-state index < -0.39 is 0 Å². The summed E-state index contributed by atoms with van der Waals surface area (Å²) in [5.41, 5.74) is 1.36. The van der Waals surface area contributed by atoms with Gasteiger partial charge < -0.3 is 10.2 Å². The summed E-state index contributed by atoms with van der Waals surface area (Å²) in [6.07, 6.45) is 1.16. The average molecular weight is 298 g/mol. The Labute approximate surface area is 128 Å². The van der Waals surface area contributed by atoms with Gasteiger partial charge in [-0.15, -0.1) is 11.3 Å². The minimum atomic E-state index is 0.106. The molecule has 1 aromatic rings. The van der Waals surface area contributed by atoms with Crippen LogP contribution in [0.2, 0.25) is 0 Å². The van der Waals surface area contributed by atoms with Crippen LogP contribution in [0.4, 0.5) is 5.13 Å². The number of aromatic nitrogens is 1. The van der Waals surface area contributed by atoms with Gasteiger partial charge in [0.05, 0.1) is 5.69 Å². The van der Waals surface area contributed by atoms with Crippen molar-refractivity contribution in [3.63, 3.8) is 0 Å². The lowest BCUT2D eigenvalue weighted by atomic mass is 9.91. The molecule has 1 N–H and O–H groups in total. The normalized spacial score (nSPS) is 12.2. The van der Waals surface area contributed by atoms with Crippen molar-refractivity contribution in [1.29, 1.82) is 0 Å². The van der Waals surface area contributed by atoms with Crippen molar-refractivity contribution in [3.8, 4) is 0 Å². The Balaban J connectivity index is 3.12. The number of nitrogens with zero attached hydrogens (tertiary/aromatic N) is 2. The predicted molar refractivity (Wildman–Crippen MR) is 91.0 cm³/mol. The molecule has 4 heteroatoms. The van der Waals surface area contributed by atoms with Crippen LogP contribution >= 0.6 is 11.3 Å². The second-order valence-corrected chi connectivity index (χ2v) is 7.65. The summed E-state index contributed by atoms with van der Waals surface area (Å²) in [5.74, 6) is 0. The number of thiazole rings is 1. The molecule has 1 rings (SSSR count). The van der Waals surface area contributed by atoms with Crippen molar-refractivity contribution in [3.05, 3.63) is 10.6 Å². The molecule has 1 aromatic heterocycles. The zero-order valence-electron chi connectivity index (χ0n) is 14.2. The highest BCUT2D eigenvalue weighted by Gasteiger charge is 2.25. The standard InChI is InChI=1S/C16H31N3S/c1-8-10-19(12(3)4)15-18-14(16(5,6)7)13(20-15)11-17-9-2/h12,17H,8-11H2,1-7H3. The van der Waals surface area contributed by atoms with E-state index in [0.717, 1.165) is 26.1 Å². The lowest BCUT2D eigenvalue weighted by Crippen LogP contribution is -2.31. The van der Waals surface area contributed by atoms with Crippen LogP contribution in [0.15, 0.2) is 0 Å². The Morgan fingerprint density at radius 2 is 1.90 bits per heavy atom. The number of anilines is 1. The Morgan fingerprint density at radius 3 is 2.35 bits per heavy atom. The summed E-state index contributed by atoms with van der Waals surface area (Å²) >= 11 is 1.86. The average Bonchev–Trinajstić information content (AvgIpc) is 2.76. The van der Waals surface area contributed by atoms with Crippen molar-refractivity contribution in [2.75, 3.05) is 18.0 Å². The number of nitrogens with one attached hydrogen (secondary N) is 1. The summed E-state index contributed by atoms with van der Waals surface area (Å²) < 4.78 is 0. The smallest absolute Gasteiger partial charge is 0.186 e. The van der Waals surface area contributed by atoms with Crippen molar-refractivity contribution >= 4 is 16.5 Å². The fourth-order valence-electron chi connectivity index (χ4n) is 2.22. The van der Waals surface area contributed by atoms with Crippen LogP contribution in [-0.4, -0.2) is 24.1 Å². The van der Waals surface area contributed by atoms with Crippen LogP contribution in [0, 0.1) is 0 Å². The highest BCUT2D eigenvalue weighted by molar-refractivity contribution is 7.15. The maximum atomic E-state index is 4.98. The van der Waals surface area contributed by atoms with Crippen LogP contribution < -0.4 is 10.2 Å². The first-order valence-electron chi connectivity index (χ1n) is 7.78. The monoisotopic (exact) mass is 297 g/mol. The second-order valence-electron chi connectivity index (χ2n) is 6.59. The van der Waals surface area contributed by atoms with Crippen LogP contribution in [0.5, 0.6) is 0 Å². The quantitative estimate of drug-likeness (QED) is 0.818. The molecule has 0 spiro atoms. The SMILES string of the molecule is CCCN(c1nc(C(C)(C)C)c(CNCC)s1)C(C)C. The Kier molecular flexibility index (Phi) is 6.46. The van der Waals surface area contributed by atoms with Crippen molar-refractivity contribution < 1.29 is 0 Å². The third-order valence-corrected chi connectivity index (χ3v) is 4.36. The first kappa shape index (κ1) is 17.4. The van der Waals surface area contributed by atoms with Crippen molar-refractivity contribution in [2.24, 2.45) is 0 Å². The van der Waals surface area contributed by atoms with E-state index in [-0.39, 0.29) is 5.41 Å². The maximum Gasteiger partial charge on any atom is 0.186 e. The molecular formula is C16H31N3S. The molecule has 0 saturated heterocycles. The molecule has 0 aliphatic heterocycles. The molecule has 20 heavy (non-hydrogen) atoms. The van der Waals surface area contributed by atoms with E-state index in [0.29, 0.717) is 6.04 Å². The molecule has 0 fully saturated rings. The fourth-order valence-corrected chi connectivity index (χ4v) is 3.62. The van der Waals surface area contributed by atoms with Gasteiger partial charge in [-0.3, -0.25) is 0 Å². The summed E-state index contributed by atoms with van der Waals surface area (Å²) in [7, 11) is 0. The summed E-state index contributed by atoms with van der Waals surface area (Å²) in [6, 6.07) is 0.501. The van der Waals surface area contributed by atoms with Crippen LogP contribution in [0.1, 0.15) is 65.5 Å². The van der Waals surface area contributed by atoms with Gasteiger partial charge >= 0.3 is 0 Å². The number of rotatable bonds is 7. The third-order valence-electron chi connectivity index (χ3n) is 3.27. The second kappa shape index (κ2) is 7.41. The lowest BCUT2D eigenvalue weighted by Gasteiger charge is -2.25. The lowest BCUT2D eigenvalue weighted by molar-refractivity contribution is 0.558. The maximum absolute atomic E-state index is 4.98. The molecule has 0 aromatic carbocycles. The summed E-state index contributed by atoms with van der Waals surface area (Å²) in [5, 5.41) is 4.62. The van der Waals surface area contributed by atoms with Gasteiger partial charge in [0.15, 0.2) is 5.13 Å². The van der Waals surface area contributed by atoms with Gasteiger partial charge in [0.1, 0.15) is 0 Å². The van der Waals surface area contributed by atoms with E-state index in [9.17, 15) is 0 Å². The van der Waals surface area contributed by atoms with Crippen LogP contribution in [-0.2, 0) is 12.0 Å². The van der Waals surface area contributed by atoms with Gasteiger partial charge in [-0.2, -0.15) is 0 Å². The zero-order chi connectivity index (χ0) is 15.3. The molecule has 0 bridgehead atoms. The zero-order valence-corrected chi connectivity index (χ0v) is 15.0. The minimum Gasteiger partial charge on any atom is -0.346 e. The van der Waals surface area contributed by atoms with Crippen LogP contribution in [0.3, 0.4) is 0 Å². The van der Waals surface area contributed by atoms with Gasteiger partial charge in [0.2, 0.25) is 0 Å². The van der Waals surface area contributed by atoms with Gasteiger partial charge in [-0.1, -0.05) is 34.6 Å². The molecular weight excluding hydrogens is 266 g/mol. The highest BCUT2D eigenvalue weighted by Crippen LogP contribution is 2.34. The molecule has 0 aliphatic rings. The largest absolute Gasteiger partial charge is 0.346 e. The third kappa shape index (κ3) is 4.45. The molecule has 0 saturated carbocycles. The first-order valence-corrected chi connectivity index (χ1v) is 8.60. The molecule has 3 nitrogen and oxygen atoms in total. The van der Waals surface area contributed by atoms with Gasteiger partial charge in [0.25, 0.3) is 0 Å². The number of hydrogen-bond acceptors (Lipinski definition) is 4. The van der Waals surface area contributed by atoms with E-state index in [1.54, 1.807) is 0 Å². The first-order chi connectivity index (χ1) is 9.31. The topological polar surface area (TPSA) is 28.2 Å². The van der Waals surface area contributed by atoms with Gasteiger partial charge in [-0.25, -0.2) is 4.98 Å². The van der Waals surface area contributed by atoms with Crippen molar-refractivity contribution in [2.45, 2.75) is 72.9 Å². The molecule has 1 heterocycles. The molecule has 0 aliphatic carbocycles. The summed E-state index contributed by atoms with van der Waals surface area (Å²) in [4.78, 5) is 8.79. The molecule has 0 unspecified atom stereocenters. The van der Waals surface area contributed by atoms with E-state index in [1.807, 2.05) is 11.3 Å². The Hall–Kier alpha value is -0.610.